The van der Waals surface area contributed by atoms with Gasteiger partial charge in [-0.25, -0.2) is 4.98 Å². The van der Waals surface area contributed by atoms with Crippen LogP contribution in [-0.4, -0.2) is 29.1 Å². The van der Waals surface area contributed by atoms with Crippen molar-refractivity contribution in [3.8, 4) is 6.07 Å². The molecule has 0 radical (unpaired) electrons. The number of rotatable bonds is 4. The molecule has 0 aromatic carbocycles. The number of aromatic nitrogens is 1. The lowest BCUT2D eigenvalue weighted by Crippen LogP contribution is -2.44. The quantitative estimate of drug-likeness (QED) is 0.911. The summed E-state index contributed by atoms with van der Waals surface area (Å²) in [6.07, 6.45) is 4.50. The smallest absolute Gasteiger partial charge is 0.309 e. The standard InChI is InChI=1S/C15H19N3O2/c1-2-4-15(14(19)20)5-8-18(9-6-15)13-10-12(11-16)3-7-17-13/h3,7,10H,2,4-6,8-9H2,1H3,(H,19,20). The van der Waals surface area contributed by atoms with Gasteiger partial charge in [-0.15, -0.1) is 0 Å². The number of pyridine rings is 1. The number of carboxylic acids is 1. The summed E-state index contributed by atoms with van der Waals surface area (Å²) in [5.41, 5.74) is -0.00316. The lowest BCUT2D eigenvalue weighted by molar-refractivity contribution is -0.150. The summed E-state index contributed by atoms with van der Waals surface area (Å²) < 4.78 is 0. The van der Waals surface area contributed by atoms with E-state index in [0.29, 0.717) is 31.5 Å². The van der Waals surface area contributed by atoms with Gasteiger partial charge in [0.05, 0.1) is 17.0 Å². The number of hydrogen-bond acceptors (Lipinski definition) is 4. The third-order valence-corrected chi connectivity index (χ3v) is 4.10. The Morgan fingerprint density at radius 2 is 2.25 bits per heavy atom. The minimum Gasteiger partial charge on any atom is -0.481 e. The van der Waals surface area contributed by atoms with E-state index in [4.69, 9.17) is 5.26 Å². The van der Waals surface area contributed by atoms with Crippen LogP contribution in [-0.2, 0) is 4.79 Å². The molecule has 0 unspecified atom stereocenters. The number of piperidine rings is 1. The van der Waals surface area contributed by atoms with Crippen LogP contribution >= 0.6 is 0 Å². The maximum Gasteiger partial charge on any atom is 0.309 e. The number of nitriles is 1. The van der Waals surface area contributed by atoms with Crippen LogP contribution in [0, 0.1) is 16.7 Å². The molecule has 1 N–H and O–H groups in total. The van der Waals surface area contributed by atoms with Gasteiger partial charge in [-0.1, -0.05) is 13.3 Å². The van der Waals surface area contributed by atoms with E-state index < -0.39 is 11.4 Å². The normalized spacial score (nSPS) is 17.5. The first-order valence-corrected chi connectivity index (χ1v) is 6.96. The Labute approximate surface area is 118 Å². The van der Waals surface area contributed by atoms with E-state index in [0.717, 1.165) is 18.7 Å². The molecule has 0 bridgehead atoms. The zero-order valence-electron chi connectivity index (χ0n) is 11.7. The second-order valence-electron chi connectivity index (χ2n) is 5.34. The van der Waals surface area contributed by atoms with Crippen molar-refractivity contribution in [1.29, 1.82) is 5.26 Å². The maximum atomic E-state index is 11.5. The number of nitrogens with zero attached hydrogens (tertiary/aromatic N) is 3. The Hall–Kier alpha value is -2.09. The summed E-state index contributed by atoms with van der Waals surface area (Å²) in [5, 5.41) is 18.4. The molecule has 0 amide bonds. The summed E-state index contributed by atoms with van der Waals surface area (Å²) >= 11 is 0. The van der Waals surface area contributed by atoms with Gasteiger partial charge in [0.15, 0.2) is 0 Å². The summed E-state index contributed by atoms with van der Waals surface area (Å²) in [7, 11) is 0. The molecule has 2 rings (SSSR count). The molecule has 1 saturated heterocycles. The Kier molecular flexibility index (Phi) is 4.23. The van der Waals surface area contributed by atoms with Crippen molar-refractivity contribution < 1.29 is 9.90 Å². The summed E-state index contributed by atoms with van der Waals surface area (Å²) in [4.78, 5) is 17.9. The molecule has 0 atom stereocenters. The van der Waals surface area contributed by atoms with Gasteiger partial charge in [-0.05, 0) is 31.4 Å². The van der Waals surface area contributed by atoms with Gasteiger partial charge in [-0.3, -0.25) is 4.79 Å². The molecule has 1 aromatic rings. The highest BCUT2D eigenvalue weighted by atomic mass is 16.4. The van der Waals surface area contributed by atoms with Crippen LogP contribution in [0.2, 0.25) is 0 Å². The van der Waals surface area contributed by atoms with Crippen molar-refractivity contribution in [2.75, 3.05) is 18.0 Å². The third-order valence-electron chi connectivity index (χ3n) is 4.10. The molecule has 1 aliphatic rings. The zero-order valence-corrected chi connectivity index (χ0v) is 11.7. The molecule has 1 aliphatic heterocycles. The van der Waals surface area contributed by atoms with Crippen LogP contribution in [0.25, 0.3) is 0 Å². The second-order valence-corrected chi connectivity index (χ2v) is 5.34. The van der Waals surface area contributed by atoms with E-state index in [1.165, 1.54) is 0 Å². The third kappa shape index (κ3) is 2.74. The summed E-state index contributed by atoms with van der Waals surface area (Å²) in [5.74, 6) is 0.0808. The second kappa shape index (κ2) is 5.91. The largest absolute Gasteiger partial charge is 0.481 e. The van der Waals surface area contributed by atoms with E-state index in [2.05, 4.69) is 16.0 Å². The molecule has 1 aromatic heterocycles. The molecular weight excluding hydrogens is 254 g/mol. The zero-order chi connectivity index (χ0) is 14.6. The number of anilines is 1. The highest BCUT2D eigenvalue weighted by Gasteiger charge is 2.40. The van der Waals surface area contributed by atoms with E-state index >= 15 is 0 Å². The molecular formula is C15H19N3O2. The predicted molar refractivity (Wildman–Crippen MR) is 75.4 cm³/mol. The molecule has 0 saturated carbocycles. The number of aliphatic carboxylic acids is 1. The van der Waals surface area contributed by atoms with Crippen LogP contribution in [0.5, 0.6) is 0 Å². The molecule has 20 heavy (non-hydrogen) atoms. The summed E-state index contributed by atoms with van der Waals surface area (Å²) in [6, 6.07) is 5.53. The fraction of sp³-hybridized carbons (Fsp3) is 0.533. The lowest BCUT2D eigenvalue weighted by atomic mass is 9.75. The molecule has 1 fully saturated rings. The van der Waals surface area contributed by atoms with Crippen LogP contribution < -0.4 is 4.90 Å². The van der Waals surface area contributed by atoms with Gasteiger partial charge in [0, 0.05) is 19.3 Å². The summed E-state index contributed by atoms with van der Waals surface area (Å²) in [6.45, 7) is 3.37. The topological polar surface area (TPSA) is 77.2 Å². The van der Waals surface area contributed by atoms with Crippen LogP contribution in [0.1, 0.15) is 38.2 Å². The van der Waals surface area contributed by atoms with Crippen LogP contribution in [0.3, 0.4) is 0 Å². The van der Waals surface area contributed by atoms with Crippen LogP contribution in [0.4, 0.5) is 5.82 Å². The van der Waals surface area contributed by atoms with Gasteiger partial charge in [0.25, 0.3) is 0 Å². The van der Waals surface area contributed by atoms with Crippen molar-refractivity contribution in [2.45, 2.75) is 32.6 Å². The first-order valence-electron chi connectivity index (χ1n) is 6.96. The van der Waals surface area contributed by atoms with E-state index in [-0.39, 0.29) is 0 Å². The molecule has 5 nitrogen and oxygen atoms in total. The molecule has 5 heteroatoms. The van der Waals surface area contributed by atoms with E-state index in [9.17, 15) is 9.90 Å². The van der Waals surface area contributed by atoms with Gasteiger partial charge >= 0.3 is 5.97 Å². The predicted octanol–water partition coefficient (Wildman–Crippen LogP) is 2.42. The molecule has 2 heterocycles. The molecule has 0 aliphatic carbocycles. The van der Waals surface area contributed by atoms with Gasteiger partial charge in [0.1, 0.15) is 5.82 Å². The number of hydrogen-bond donors (Lipinski definition) is 1. The molecule has 0 spiro atoms. The number of carbonyl (C=O) groups is 1. The SMILES string of the molecule is CCCC1(C(=O)O)CCN(c2cc(C#N)ccn2)CC1. The monoisotopic (exact) mass is 273 g/mol. The average molecular weight is 273 g/mol. The van der Waals surface area contributed by atoms with Crippen molar-refractivity contribution in [3.05, 3.63) is 23.9 Å². The Morgan fingerprint density at radius 3 is 2.80 bits per heavy atom. The molecule has 106 valence electrons. The highest BCUT2D eigenvalue weighted by molar-refractivity contribution is 5.75. The van der Waals surface area contributed by atoms with E-state index in [1.54, 1.807) is 18.3 Å². The Bertz CT molecular complexity index is 528. The van der Waals surface area contributed by atoms with Gasteiger partial charge < -0.3 is 10.0 Å². The maximum absolute atomic E-state index is 11.5. The van der Waals surface area contributed by atoms with Crippen molar-refractivity contribution in [2.24, 2.45) is 5.41 Å². The van der Waals surface area contributed by atoms with Gasteiger partial charge in [0.2, 0.25) is 0 Å². The van der Waals surface area contributed by atoms with Gasteiger partial charge in [-0.2, -0.15) is 5.26 Å². The Balaban J connectivity index is 2.10. The number of carboxylic acid groups (broad SMARTS) is 1. The average Bonchev–Trinajstić information content (AvgIpc) is 2.48. The van der Waals surface area contributed by atoms with Crippen molar-refractivity contribution in [1.82, 2.24) is 4.98 Å². The first kappa shape index (κ1) is 14.3. The van der Waals surface area contributed by atoms with Crippen LogP contribution in [0.15, 0.2) is 18.3 Å². The Morgan fingerprint density at radius 1 is 1.55 bits per heavy atom. The first-order chi connectivity index (χ1) is 9.61. The minimum absolute atomic E-state index is 0.582. The lowest BCUT2D eigenvalue weighted by Gasteiger charge is -2.39. The fourth-order valence-electron chi connectivity index (χ4n) is 2.87. The fourth-order valence-corrected chi connectivity index (χ4v) is 2.87. The van der Waals surface area contributed by atoms with Crippen molar-refractivity contribution in [3.63, 3.8) is 0 Å². The highest BCUT2D eigenvalue weighted by Crippen LogP contribution is 2.37. The van der Waals surface area contributed by atoms with Crippen molar-refractivity contribution >= 4 is 11.8 Å². The van der Waals surface area contributed by atoms with E-state index in [1.807, 2.05) is 6.92 Å². The minimum atomic E-state index is -0.683.